The first-order valence-corrected chi connectivity index (χ1v) is 9.05. The van der Waals surface area contributed by atoms with Crippen LogP contribution in [0.2, 0.25) is 0 Å². The highest BCUT2D eigenvalue weighted by Gasteiger charge is 2.25. The topological polar surface area (TPSA) is 29.3 Å². The molecule has 1 aromatic carbocycles. The Kier molecular flexibility index (Phi) is 6.06. The van der Waals surface area contributed by atoms with Crippen molar-refractivity contribution in [3.63, 3.8) is 0 Å². The molecule has 0 unspecified atom stereocenters. The Morgan fingerprint density at radius 3 is 2.62 bits per heavy atom. The van der Waals surface area contributed by atoms with Crippen LogP contribution in [0.15, 0.2) is 22.7 Å². The van der Waals surface area contributed by atoms with Crippen LogP contribution in [0.4, 0.5) is 5.69 Å². The summed E-state index contributed by atoms with van der Waals surface area (Å²) in [5.74, 6) is 0.706. The second kappa shape index (κ2) is 7.59. The minimum Gasteiger partial charge on any atom is -0.389 e. The lowest BCUT2D eigenvalue weighted by Crippen LogP contribution is -2.36. The Hall–Kier alpha value is -0.610. The molecule has 0 bridgehead atoms. The van der Waals surface area contributed by atoms with E-state index in [2.05, 4.69) is 52.9 Å². The number of rotatable bonds is 6. The number of anilines is 1. The van der Waals surface area contributed by atoms with Gasteiger partial charge in [0.1, 0.15) is 4.99 Å². The van der Waals surface area contributed by atoms with Crippen LogP contribution < -0.4 is 10.6 Å². The predicted octanol–water partition coefficient (Wildman–Crippen LogP) is 4.88. The maximum absolute atomic E-state index is 5.96. The number of halogens is 1. The van der Waals surface area contributed by atoms with E-state index in [1.807, 2.05) is 0 Å². The van der Waals surface area contributed by atoms with Crippen molar-refractivity contribution in [2.45, 2.75) is 52.0 Å². The van der Waals surface area contributed by atoms with E-state index in [0.717, 1.165) is 16.6 Å². The van der Waals surface area contributed by atoms with Crippen LogP contribution >= 0.6 is 28.1 Å². The quantitative estimate of drug-likeness (QED) is 0.725. The maximum Gasteiger partial charge on any atom is 0.106 e. The summed E-state index contributed by atoms with van der Waals surface area (Å²) in [4.78, 5) is 3.03. The Morgan fingerprint density at radius 1 is 1.38 bits per heavy atom. The first-order chi connectivity index (χ1) is 9.99. The third-order valence-corrected chi connectivity index (χ3v) is 4.96. The van der Waals surface area contributed by atoms with E-state index in [0.29, 0.717) is 16.9 Å². The van der Waals surface area contributed by atoms with Crippen LogP contribution in [0.25, 0.3) is 0 Å². The van der Waals surface area contributed by atoms with Gasteiger partial charge in [-0.15, -0.1) is 0 Å². The summed E-state index contributed by atoms with van der Waals surface area (Å²) in [7, 11) is 0. The second-order valence-electron chi connectivity index (χ2n) is 6.34. The zero-order valence-corrected chi connectivity index (χ0v) is 15.3. The molecule has 0 amide bonds. The fourth-order valence-corrected chi connectivity index (χ4v) is 3.59. The molecule has 116 valence electrons. The first-order valence-electron chi connectivity index (χ1n) is 7.85. The van der Waals surface area contributed by atoms with E-state index in [1.54, 1.807) is 0 Å². The molecule has 4 heteroatoms. The molecule has 0 aromatic heterocycles. The molecule has 21 heavy (non-hydrogen) atoms. The number of hydrogen-bond donors (Lipinski definition) is 1. The molecule has 0 saturated heterocycles. The first kappa shape index (κ1) is 16.8. The summed E-state index contributed by atoms with van der Waals surface area (Å²) in [5.41, 5.74) is 8.16. The summed E-state index contributed by atoms with van der Waals surface area (Å²) >= 11 is 8.79. The molecule has 0 spiro atoms. The molecule has 1 aliphatic carbocycles. The Labute approximate surface area is 142 Å². The Bertz CT molecular complexity index is 496. The van der Waals surface area contributed by atoms with Gasteiger partial charge in [-0.1, -0.05) is 54.8 Å². The Balaban J connectivity index is 2.32. The number of hydrogen-bond acceptors (Lipinski definition) is 2. The summed E-state index contributed by atoms with van der Waals surface area (Å²) in [6, 6.07) is 6.94. The van der Waals surface area contributed by atoms with Crippen LogP contribution in [-0.2, 0) is 0 Å². The normalized spacial score (nSPS) is 15.6. The van der Waals surface area contributed by atoms with Gasteiger partial charge < -0.3 is 10.6 Å². The lowest BCUT2D eigenvalue weighted by molar-refractivity contribution is 0.528. The second-order valence-corrected chi connectivity index (χ2v) is 7.70. The molecule has 0 heterocycles. The lowest BCUT2D eigenvalue weighted by Gasteiger charge is -2.33. The molecule has 0 radical (unpaired) electrons. The van der Waals surface area contributed by atoms with Crippen molar-refractivity contribution in [1.29, 1.82) is 0 Å². The number of thiocarbonyl (C=S) groups is 1. The smallest absolute Gasteiger partial charge is 0.106 e. The number of nitrogens with zero attached hydrogens (tertiary/aromatic N) is 1. The summed E-state index contributed by atoms with van der Waals surface area (Å²) in [5, 5.41) is 0. The molecule has 2 N–H and O–H groups in total. The van der Waals surface area contributed by atoms with E-state index in [-0.39, 0.29) is 0 Å². The monoisotopic (exact) mass is 368 g/mol. The minimum atomic E-state index is 0.485. The highest BCUT2D eigenvalue weighted by atomic mass is 79.9. The van der Waals surface area contributed by atoms with Gasteiger partial charge in [-0.2, -0.15) is 0 Å². The summed E-state index contributed by atoms with van der Waals surface area (Å²) in [6.07, 6.45) is 6.43. The molecule has 1 saturated carbocycles. The minimum absolute atomic E-state index is 0.485. The van der Waals surface area contributed by atoms with Crippen molar-refractivity contribution in [3.8, 4) is 0 Å². The van der Waals surface area contributed by atoms with Gasteiger partial charge in [-0.25, -0.2) is 0 Å². The lowest BCUT2D eigenvalue weighted by atomic mass is 10.1. The van der Waals surface area contributed by atoms with Crippen LogP contribution in [-0.4, -0.2) is 17.6 Å². The third kappa shape index (κ3) is 4.43. The van der Waals surface area contributed by atoms with Gasteiger partial charge in [0.15, 0.2) is 0 Å². The van der Waals surface area contributed by atoms with E-state index in [4.69, 9.17) is 18.0 Å². The fourth-order valence-electron chi connectivity index (χ4n) is 3.07. The summed E-state index contributed by atoms with van der Waals surface area (Å²) < 4.78 is 1.03. The standard InChI is InChI=1S/C17H25BrN2S/c1-12(2)9-10-20(14-5-3-4-6-14)16-8-7-13(18)11-15(16)17(19)21/h7-8,11-12,14H,3-6,9-10H2,1-2H3,(H2,19,21). The van der Waals surface area contributed by atoms with E-state index in [1.165, 1.54) is 37.8 Å². The van der Waals surface area contributed by atoms with Crippen molar-refractivity contribution in [2.24, 2.45) is 11.7 Å². The Morgan fingerprint density at radius 2 is 2.05 bits per heavy atom. The molecule has 2 rings (SSSR count). The molecular weight excluding hydrogens is 344 g/mol. The molecule has 1 aromatic rings. The van der Waals surface area contributed by atoms with Gasteiger partial charge in [0, 0.05) is 28.3 Å². The van der Waals surface area contributed by atoms with Gasteiger partial charge >= 0.3 is 0 Å². The van der Waals surface area contributed by atoms with Crippen LogP contribution in [0.1, 0.15) is 51.5 Å². The molecular formula is C17H25BrN2S. The van der Waals surface area contributed by atoms with Gasteiger partial charge in [0.25, 0.3) is 0 Å². The van der Waals surface area contributed by atoms with Gasteiger partial charge in [-0.3, -0.25) is 0 Å². The van der Waals surface area contributed by atoms with Crippen LogP contribution in [0, 0.1) is 5.92 Å². The SMILES string of the molecule is CC(C)CCN(c1ccc(Br)cc1C(N)=S)C1CCCC1. The van der Waals surface area contributed by atoms with Gasteiger partial charge in [0.2, 0.25) is 0 Å². The van der Waals surface area contributed by atoms with E-state index in [9.17, 15) is 0 Å². The highest BCUT2D eigenvalue weighted by Crippen LogP contribution is 2.32. The van der Waals surface area contributed by atoms with E-state index < -0.39 is 0 Å². The van der Waals surface area contributed by atoms with Crippen LogP contribution in [0.3, 0.4) is 0 Å². The molecule has 0 atom stereocenters. The van der Waals surface area contributed by atoms with Crippen molar-refractivity contribution < 1.29 is 0 Å². The molecule has 1 fully saturated rings. The predicted molar refractivity (Wildman–Crippen MR) is 99.1 cm³/mol. The largest absolute Gasteiger partial charge is 0.389 e. The highest BCUT2D eigenvalue weighted by molar-refractivity contribution is 9.10. The van der Waals surface area contributed by atoms with Crippen molar-refractivity contribution in [2.75, 3.05) is 11.4 Å². The van der Waals surface area contributed by atoms with E-state index >= 15 is 0 Å². The fraction of sp³-hybridized carbons (Fsp3) is 0.588. The third-order valence-electron chi connectivity index (χ3n) is 4.25. The number of nitrogens with two attached hydrogens (primary N) is 1. The molecule has 1 aliphatic rings. The molecule has 0 aliphatic heterocycles. The van der Waals surface area contributed by atoms with Crippen LogP contribution in [0.5, 0.6) is 0 Å². The zero-order valence-electron chi connectivity index (χ0n) is 12.9. The average Bonchev–Trinajstić information content (AvgIpc) is 2.93. The average molecular weight is 369 g/mol. The van der Waals surface area contributed by atoms with Crippen molar-refractivity contribution >= 4 is 38.8 Å². The molecule has 2 nitrogen and oxygen atoms in total. The van der Waals surface area contributed by atoms with Crippen molar-refractivity contribution in [1.82, 2.24) is 0 Å². The zero-order chi connectivity index (χ0) is 15.4. The van der Waals surface area contributed by atoms with Gasteiger partial charge in [0.05, 0.1) is 0 Å². The maximum atomic E-state index is 5.96. The van der Waals surface area contributed by atoms with Gasteiger partial charge in [-0.05, 0) is 43.4 Å². The van der Waals surface area contributed by atoms with Crippen molar-refractivity contribution in [3.05, 3.63) is 28.2 Å². The number of benzene rings is 1. The summed E-state index contributed by atoms with van der Waals surface area (Å²) in [6.45, 7) is 5.64.